The minimum atomic E-state index is -0.620. The molecule has 38 heavy (non-hydrogen) atoms. The van der Waals surface area contributed by atoms with Crippen molar-refractivity contribution in [1.82, 2.24) is 20.2 Å². The second-order valence-electron chi connectivity index (χ2n) is 10.6. The molecule has 5 rings (SSSR count). The summed E-state index contributed by atoms with van der Waals surface area (Å²) in [6.07, 6.45) is 2.95. The van der Waals surface area contributed by atoms with Crippen LogP contribution in [-0.2, 0) is 7.05 Å². The van der Waals surface area contributed by atoms with E-state index < -0.39 is 17.8 Å². The van der Waals surface area contributed by atoms with Crippen LogP contribution in [0.15, 0.2) is 29.1 Å². The van der Waals surface area contributed by atoms with Crippen LogP contribution in [0.25, 0.3) is 10.9 Å². The molecule has 1 aromatic carbocycles. The smallest absolute Gasteiger partial charge is 0.265 e. The molecular formula is C29H33FN6O2. The molecule has 2 N–H and O–H groups in total. The number of hydrogen-bond donors (Lipinski definition) is 2. The quantitative estimate of drug-likeness (QED) is 0.535. The normalized spacial score (nSPS) is 18.6. The summed E-state index contributed by atoms with van der Waals surface area (Å²) in [5, 5.41) is 16.5. The number of carbonyl (C=O) groups is 1. The van der Waals surface area contributed by atoms with Crippen LogP contribution in [0.1, 0.15) is 77.9 Å². The van der Waals surface area contributed by atoms with Crippen LogP contribution in [-0.4, -0.2) is 41.1 Å². The average Bonchev–Trinajstić information content (AvgIpc) is 3.73. The third kappa shape index (κ3) is 4.88. The lowest BCUT2D eigenvalue weighted by atomic mass is 10.0. The van der Waals surface area contributed by atoms with E-state index in [1.807, 2.05) is 19.1 Å². The predicted molar refractivity (Wildman–Crippen MR) is 145 cm³/mol. The standard InChI is InChI=1S/C29H33FN6O2/c1-16-7-9-36(10-8-32-16)26-23-11-17(2)33-25(20-5-6-20)27(23)35(4)29(38)24(26)28(37)34-18(3)21-12-19(15-31)13-22(30)14-21/h11-14,16,18,20,32H,5-10H2,1-4H3,(H,34,37)/t16-,18-/m0/s1. The van der Waals surface area contributed by atoms with Gasteiger partial charge in [0.2, 0.25) is 0 Å². The number of rotatable bonds is 5. The van der Waals surface area contributed by atoms with Gasteiger partial charge < -0.3 is 20.1 Å². The first-order valence-electron chi connectivity index (χ1n) is 13.2. The highest BCUT2D eigenvalue weighted by Gasteiger charge is 2.33. The number of aromatic nitrogens is 2. The summed E-state index contributed by atoms with van der Waals surface area (Å²) in [5.74, 6) is -0.752. The molecule has 2 fully saturated rings. The van der Waals surface area contributed by atoms with Gasteiger partial charge in [0.1, 0.15) is 11.4 Å². The van der Waals surface area contributed by atoms with Gasteiger partial charge in [-0.2, -0.15) is 5.26 Å². The second-order valence-corrected chi connectivity index (χ2v) is 10.6. The van der Waals surface area contributed by atoms with Crippen molar-refractivity contribution in [2.24, 2.45) is 7.05 Å². The Balaban J connectivity index is 1.67. The molecule has 1 saturated heterocycles. The van der Waals surface area contributed by atoms with E-state index in [0.717, 1.165) is 54.2 Å². The minimum absolute atomic E-state index is 0.0747. The summed E-state index contributed by atoms with van der Waals surface area (Å²) in [5.41, 5.74) is 3.51. The van der Waals surface area contributed by atoms with Crippen molar-refractivity contribution in [3.63, 3.8) is 0 Å². The van der Waals surface area contributed by atoms with E-state index in [-0.39, 0.29) is 16.7 Å². The van der Waals surface area contributed by atoms with E-state index in [4.69, 9.17) is 4.98 Å². The van der Waals surface area contributed by atoms with Gasteiger partial charge in [0, 0.05) is 49.7 Å². The van der Waals surface area contributed by atoms with Crippen molar-refractivity contribution in [3.05, 3.63) is 68.5 Å². The lowest BCUT2D eigenvalue weighted by molar-refractivity contribution is 0.0938. The molecule has 0 radical (unpaired) electrons. The van der Waals surface area contributed by atoms with Crippen molar-refractivity contribution in [1.29, 1.82) is 5.26 Å². The zero-order valence-electron chi connectivity index (χ0n) is 22.3. The van der Waals surface area contributed by atoms with Crippen LogP contribution in [0, 0.1) is 24.1 Å². The van der Waals surface area contributed by atoms with E-state index in [0.29, 0.717) is 36.3 Å². The monoisotopic (exact) mass is 516 g/mol. The number of benzene rings is 1. The lowest BCUT2D eigenvalue weighted by Gasteiger charge is -2.28. The molecule has 3 aromatic rings. The third-order valence-corrected chi connectivity index (χ3v) is 7.60. The first kappa shape index (κ1) is 25.9. The molecular weight excluding hydrogens is 483 g/mol. The second kappa shape index (κ2) is 10.2. The highest BCUT2D eigenvalue weighted by atomic mass is 19.1. The largest absolute Gasteiger partial charge is 0.369 e. The number of nitriles is 1. The maximum atomic E-state index is 14.1. The van der Waals surface area contributed by atoms with Gasteiger partial charge in [0.25, 0.3) is 11.5 Å². The Hall–Kier alpha value is -3.77. The zero-order chi connectivity index (χ0) is 27.1. The van der Waals surface area contributed by atoms with Gasteiger partial charge in [-0.15, -0.1) is 0 Å². The highest BCUT2D eigenvalue weighted by Crippen LogP contribution is 2.43. The SMILES string of the molecule is Cc1cc2c(N3CCN[C@@H](C)CC3)c(C(=O)N[C@@H](C)c3cc(F)cc(C#N)c3)c(=O)n(C)c2c(C2CC2)n1. The fraction of sp³-hybridized carbons (Fsp3) is 0.448. The van der Waals surface area contributed by atoms with Gasteiger partial charge >= 0.3 is 0 Å². The molecule has 9 heteroatoms. The number of nitrogens with one attached hydrogen (secondary N) is 2. The number of aryl methyl sites for hydroxylation is 2. The van der Waals surface area contributed by atoms with Crippen molar-refractivity contribution < 1.29 is 9.18 Å². The Bertz CT molecular complexity index is 1520. The van der Waals surface area contributed by atoms with Gasteiger partial charge in [-0.3, -0.25) is 14.6 Å². The zero-order valence-corrected chi connectivity index (χ0v) is 22.3. The summed E-state index contributed by atoms with van der Waals surface area (Å²) in [7, 11) is 1.70. The van der Waals surface area contributed by atoms with Crippen molar-refractivity contribution in [2.75, 3.05) is 24.5 Å². The maximum Gasteiger partial charge on any atom is 0.265 e. The van der Waals surface area contributed by atoms with Crippen LogP contribution >= 0.6 is 0 Å². The Morgan fingerprint density at radius 2 is 2.00 bits per heavy atom. The number of carbonyl (C=O) groups excluding carboxylic acids is 1. The Kier molecular flexibility index (Phi) is 6.93. The number of hydrogen-bond acceptors (Lipinski definition) is 6. The van der Waals surface area contributed by atoms with Crippen molar-refractivity contribution in [3.8, 4) is 6.07 Å². The molecule has 2 atom stereocenters. The number of fused-ring (bicyclic) bond motifs is 1. The molecule has 198 valence electrons. The van der Waals surface area contributed by atoms with Gasteiger partial charge in [-0.25, -0.2) is 4.39 Å². The van der Waals surface area contributed by atoms with Crippen LogP contribution in [0.2, 0.25) is 0 Å². The number of anilines is 1. The number of halogens is 1. The summed E-state index contributed by atoms with van der Waals surface area (Å²) < 4.78 is 15.7. The van der Waals surface area contributed by atoms with E-state index in [1.165, 1.54) is 6.07 Å². The summed E-state index contributed by atoms with van der Waals surface area (Å²) >= 11 is 0. The van der Waals surface area contributed by atoms with Gasteiger partial charge in [0.15, 0.2) is 0 Å². The number of pyridine rings is 2. The summed E-state index contributed by atoms with van der Waals surface area (Å²) in [6, 6.07) is 7.62. The molecule has 2 aromatic heterocycles. The summed E-state index contributed by atoms with van der Waals surface area (Å²) in [4.78, 5) is 34.8. The first-order valence-corrected chi connectivity index (χ1v) is 13.2. The highest BCUT2D eigenvalue weighted by molar-refractivity contribution is 6.08. The van der Waals surface area contributed by atoms with Crippen LogP contribution in [0.4, 0.5) is 10.1 Å². The number of nitrogens with zero attached hydrogens (tertiary/aromatic N) is 4. The molecule has 2 aliphatic rings. The van der Waals surface area contributed by atoms with Crippen molar-refractivity contribution in [2.45, 2.75) is 58.0 Å². The van der Waals surface area contributed by atoms with Crippen molar-refractivity contribution >= 4 is 22.5 Å². The van der Waals surface area contributed by atoms with Gasteiger partial charge in [-0.05, 0) is 69.9 Å². The molecule has 0 bridgehead atoms. The molecule has 1 aliphatic heterocycles. The fourth-order valence-electron chi connectivity index (χ4n) is 5.42. The van der Waals surface area contributed by atoms with E-state index in [9.17, 15) is 19.2 Å². The predicted octanol–water partition coefficient (Wildman–Crippen LogP) is 3.81. The van der Waals surface area contributed by atoms with Crippen LogP contribution < -0.4 is 21.1 Å². The third-order valence-electron chi connectivity index (χ3n) is 7.60. The summed E-state index contributed by atoms with van der Waals surface area (Å²) in [6.45, 7) is 7.88. The van der Waals surface area contributed by atoms with Gasteiger partial charge in [-0.1, -0.05) is 0 Å². The fourth-order valence-corrected chi connectivity index (χ4v) is 5.42. The lowest BCUT2D eigenvalue weighted by Crippen LogP contribution is -2.39. The molecule has 1 amide bonds. The van der Waals surface area contributed by atoms with Crippen LogP contribution in [0.5, 0.6) is 0 Å². The molecule has 0 spiro atoms. The molecule has 8 nitrogen and oxygen atoms in total. The van der Waals surface area contributed by atoms with Crippen LogP contribution in [0.3, 0.4) is 0 Å². The maximum absolute atomic E-state index is 14.1. The average molecular weight is 517 g/mol. The van der Waals surface area contributed by atoms with E-state index in [1.54, 1.807) is 24.6 Å². The Morgan fingerprint density at radius 1 is 1.24 bits per heavy atom. The molecule has 3 heterocycles. The molecule has 0 unspecified atom stereocenters. The first-order chi connectivity index (χ1) is 18.2. The Morgan fingerprint density at radius 3 is 2.71 bits per heavy atom. The molecule has 1 aliphatic carbocycles. The minimum Gasteiger partial charge on any atom is -0.369 e. The molecule has 1 saturated carbocycles. The Labute approximate surface area is 221 Å². The van der Waals surface area contributed by atoms with E-state index >= 15 is 0 Å². The van der Waals surface area contributed by atoms with Gasteiger partial charge in [0.05, 0.1) is 34.6 Å². The number of amides is 1. The topological polar surface area (TPSA) is 103 Å². The van der Waals surface area contributed by atoms with E-state index in [2.05, 4.69) is 22.5 Å².